The number of amides is 1. The molecule has 4 heteroatoms. The van der Waals surface area contributed by atoms with E-state index in [-0.39, 0.29) is 11.6 Å². The summed E-state index contributed by atoms with van der Waals surface area (Å²) in [4.78, 5) is 13.2. The molecule has 0 aromatic heterocycles. The Balaban J connectivity index is 1.98. The molecular weight excluding hydrogens is 202 g/mol. The van der Waals surface area contributed by atoms with Gasteiger partial charge in [-0.25, -0.2) is 0 Å². The summed E-state index contributed by atoms with van der Waals surface area (Å²) in [6.07, 6.45) is 3.21. The average Bonchev–Trinajstić information content (AvgIpc) is 2.16. The molecule has 2 aliphatic heterocycles. The van der Waals surface area contributed by atoms with Crippen molar-refractivity contribution in [3.63, 3.8) is 0 Å². The summed E-state index contributed by atoms with van der Waals surface area (Å²) in [5, 5.41) is 7.34. The van der Waals surface area contributed by atoms with Gasteiger partial charge in [-0.2, -0.15) is 0 Å². The van der Waals surface area contributed by atoms with Gasteiger partial charge in [-0.3, -0.25) is 15.4 Å². The first-order valence-corrected chi connectivity index (χ1v) is 6.32. The van der Waals surface area contributed by atoms with Crippen molar-refractivity contribution in [2.24, 2.45) is 0 Å². The first-order chi connectivity index (χ1) is 7.51. The second-order valence-corrected chi connectivity index (χ2v) is 5.41. The molecule has 0 aromatic carbocycles. The summed E-state index contributed by atoms with van der Waals surface area (Å²) in [5.74, 6) is 0.201. The minimum Gasteiger partial charge on any atom is -0.343 e. The van der Waals surface area contributed by atoms with Gasteiger partial charge in [0.05, 0.1) is 5.66 Å². The number of piperidine rings is 1. The van der Waals surface area contributed by atoms with Gasteiger partial charge in [0.15, 0.2) is 0 Å². The molecule has 2 aliphatic rings. The maximum atomic E-state index is 11.3. The number of hydrogen-bond donors (Lipinski definition) is 2. The fourth-order valence-electron chi connectivity index (χ4n) is 3.13. The Morgan fingerprint density at radius 1 is 1.19 bits per heavy atom. The zero-order valence-corrected chi connectivity index (χ0v) is 10.5. The quantitative estimate of drug-likeness (QED) is 0.637. The Labute approximate surface area is 97.8 Å². The highest BCUT2D eigenvalue weighted by atomic mass is 16.2. The maximum Gasteiger partial charge on any atom is 0.219 e. The van der Waals surface area contributed by atoms with E-state index >= 15 is 0 Å². The molecule has 2 rings (SSSR count). The molecule has 2 unspecified atom stereocenters. The zero-order valence-electron chi connectivity index (χ0n) is 10.5. The predicted molar refractivity (Wildman–Crippen MR) is 64.0 cm³/mol. The van der Waals surface area contributed by atoms with E-state index in [1.807, 2.05) is 4.90 Å². The van der Waals surface area contributed by atoms with Gasteiger partial charge in [0.25, 0.3) is 0 Å². The summed E-state index contributed by atoms with van der Waals surface area (Å²) < 4.78 is 0. The number of likely N-dealkylation sites (tertiary alicyclic amines) is 1. The molecule has 2 fully saturated rings. The summed E-state index contributed by atoms with van der Waals surface area (Å²) in [6.45, 7) is 7.89. The lowest BCUT2D eigenvalue weighted by molar-refractivity contribution is -0.131. The van der Waals surface area contributed by atoms with Crippen LogP contribution in [0.1, 0.15) is 40.0 Å². The van der Waals surface area contributed by atoms with Crippen LogP contribution in [0.3, 0.4) is 0 Å². The predicted octanol–water partition coefficient (Wildman–Crippen LogP) is 0.685. The molecule has 0 bridgehead atoms. The number of carbonyl (C=O) groups is 1. The number of carbonyl (C=O) groups excluding carboxylic acids is 1. The van der Waals surface area contributed by atoms with Gasteiger partial charge in [-0.1, -0.05) is 0 Å². The lowest BCUT2D eigenvalue weighted by Crippen LogP contribution is -2.69. The molecule has 0 saturated carbocycles. The van der Waals surface area contributed by atoms with Crippen LogP contribution in [-0.4, -0.2) is 41.6 Å². The first kappa shape index (κ1) is 11.9. The van der Waals surface area contributed by atoms with Crippen molar-refractivity contribution in [1.29, 1.82) is 0 Å². The highest BCUT2D eigenvalue weighted by Crippen LogP contribution is 2.25. The van der Waals surface area contributed by atoms with E-state index in [2.05, 4.69) is 24.5 Å². The molecule has 4 nitrogen and oxygen atoms in total. The first-order valence-electron chi connectivity index (χ1n) is 6.32. The molecular formula is C12H23N3O. The zero-order chi connectivity index (χ0) is 11.8. The average molecular weight is 225 g/mol. The largest absolute Gasteiger partial charge is 0.343 e. The van der Waals surface area contributed by atoms with E-state index in [1.54, 1.807) is 6.92 Å². The normalized spacial score (nSPS) is 34.1. The van der Waals surface area contributed by atoms with E-state index in [0.29, 0.717) is 12.1 Å². The van der Waals surface area contributed by atoms with Crippen LogP contribution in [0.25, 0.3) is 0 Å². The molecule has 1 spiro atoms. The fraction of sp³-hybridized carbons (Fsp3) is 0.917. The van der Waals surface area contributed by atoms with Gasteiger partial charge in [-0.05, 0) is 33.1 Å². The summed E-state index contributed by atoms with van der Waals surface area (Å²) in [6, 6.07) is 1.14. The number of nitrogens with zero attached hydrogens (tertiary/aromatic N) is 1. The van der Waals surface area contributed by atoms with Crippen LogP contribution in [0.5, 0.6) is 0 Å². The maximum absolute atomic E-state index is 11.3. The Hall–Kier alpha value is -0.610. The van der Waals surface area contributed by atoms with Crippen LogP contribution in [0, 0.1) is 0 Å². The van der Waals surface area contributed by atoms with Crippen LogP contribution in [0.4, 0.5) is 0 Å². The standard InChI is InChI=1S/C12H23N3O/c1-9-8-10(2)14-12(13-9)4-6-15(7-5-12)11(3)16/h9-10,13-14H,4-8H2,1-3H3. The summed E-state index contributed by atoms with van der Waals surface area (Å²) in [7, 11) is 0. The highest BCUT2D eigenvalue weighted by Gasteiger charge is 2.39. The van der Waals surface area contributed by atoms with Crippen LogP contribution >= 0.6 is 0 Å². The van der Waals surface area contributed by atoms with Gasteiger partial charge in [-0.15, -0.1) is 0 Å². The van der Waals surface area contributed by atoms with Crippen molar-refractivity contribution in [2.45, 2.75) is 57.8 Å². The van der Waals surface area contributed by atoms with Crippen LogP contribution in [0.2, 0.25) is 0 Å². The SMILES string of the molecule is CC(=O)N1CCC2(CC1)NC(C)CC(C)N2. The monoisotopic (exact) mass is 225 g/mol. The van der Waals surface area contributed by atoms with E-state index in [9.17, 15) is 4.79 Å². The van der Waals surface area contributed by atoms with Gasteiger partial charge in [0.2, 0.25) is 5.91 Å². The molecule has 0 radical (unpaired) electrons. The molecule has 2 heterocycles. The smallest absolute Gasteiger partial charge is 0.219 e. The summed E-state index contributed by atoms with van der Waals surface area (Å²) in [5.41, 5.74) is 0.0725. The van der Waals surface area contributed by atoms with E-state index in [0.717, 1.165) is 25.9 Å². The van der Waals surface area contributed by atoms with Crippen molar-refractivity contribution in [1.82, 2.24) is 15.5 Å². The molecule has 16 heavy (non-hydrogen) atoms. The lowest BCUT2D eigenvalue weighted by Gasteiger charge is -2.49. The number of hydrogen-bond acceptors (Lipinski definition) is 3. The number of nitrogens with one attached hydrogen (secondary N) is 2. The second-order valence-electron chi connectivity index (χ2n) is 5.41. The molecule has 0 aromatic rings. The van der Waals surface area contributed by atoms with E-state index in [4.69, 9.17) is 0 Å². The Kier molecular flexibility index (Phi) is 3.22. The molecule has 1 amide bonds. The van der Waals surface area contributed by atoms with Crippen molar-refractivity contribution in [2.75, 3.05) is 13.1 Å². The van der Waals surface area contributed by atoms with E-state index < -0.39 is 0 Å². The third kappa shape index (κ3) is 2.38. The van der Waals surface area contributed by atoms with Crippen molar-refractivity contribution < 1.29 is 4.79 Å². The molecule has 92 valence electrons. The minimum absolute atomic E-state index is 0.0725. The van der Waals surface area contributed by atoms with Crippen molar-refractivity contribution >= 4 is 5.91 Å². The Morgan fingerprint density at radius 2 is 1.69 bits per heavy atom. The minimum atomic E-state index is 0.0725. The molecule has 2 saturated heterocycles. The lowest BCUT2D eigenvalue weighted by atomic mass is 9.90. The second kappa shape index (κ2) is 4.34. The molecule has 0 aliphatic carbocycles. The third-order valence-electron chi connectivity index (χ3n) is 3.81. The topological polar surface area (TPSA) is 44.4 Å². The van der Waals surface area contributed by atoms with Crippen molar-refractivity contribution in [3.05, 3.63) is 0 Å². The van der Waals surface area contributed by atoms with Crippen LogP contribution in [-0.2, 0) is 4.79 Å². The molecule has 2 atom stereocenters. The summed E-state index contributed by atoms with van der Waals surface area (Å²) >= 11 is 0. The van der Waals surface area contributed by atoms with Gasteiger partial charge in [0, 0.05) is 32.1 Å². The van der Waals surface area contributed by atoms with Crippen LogP contribution < -0.4 is 10.6 Å². The Morgan fingerprint density at radius 3 is 2.12 bits per heavy atom. The van der Waals surface area contributed by atoms with Gasteiger partial charge < -0.3 is 4.90 Å². The van der Waals surface area contributed by atoms with Crippen molar-refractivity contribution in [3.8, 4) is 0 Å². The van der Waals surface area contributed by atoms with Crippen LogP contribution in [0.15, 0.2) is 0 Å². The highest BCUT2D eigenvalue weighted by molar-refractivity contribution is 5.73. The third-order valence-corrected chi connectivity index (χ3v) is 3.81. The van der Waals surface area contributed by atoms with E-state index in [1.165, 1.54) is 6.42 Å². The fourth-order valence-corrected chi connectivity index (χ4v) is 3.13. The number of rotatable bonds is 0. The van der Waals surface area contributed by atoms with Gasteiger partial charge in [0.1, 0.15) is 0 Å². The Bertz CT molecular complexity index is 259. The molecule has 2 N–H and O–H groups in total. The van der Waals surface area contributed by atoms with Gasteiger partial charge >= 0.3 is 0 Å².